The van der Waals surface area contributed by atoms with E-state index in [0.717, 1.165) is 17.3 Å². The van der Waals surface area contributed by atoms with E-state index in [4.69, 9.17) is 9.15 Å². The van der Waals surface area contributed by atoms with E-state index in [0.29, 0.717) is 12.5 Å². The summed E-state index contributed by atoms with van der Waals surface area (Å²) in [7, 11) is 0. The molecule has 0 radical (unpaired) electrons. The quantitative estimate of drug-likeness (QED) is 0.876. The van der Waals surface area contributed by atoms with E-state index in [1.54, 1.807) is 0 Å². The van der Waals surface area contributed by atoms with Crippen LogP contribution in [0.2, 0.25) is 0 Å². The lowest BCUT2D eigenvalue weighted by Crippen LogP contribution is -2.07. The van der Waals surface area contributed by atoms with Gasteiger partial charge in [-0.3, -0.25) is 0 Å². The van der Waals surface area contributed by atoms with Crippen molar-refractivity contribution in [2.75, 3.05) is 11.9 Å². The van der Waals surface area contributed by atoms with Crippen LogP contribution < -0.4 is 10.1 Å². The molecular weight excluding hydrogens is 228 g/mol. The summed E-state index contributed by atoms with van der Waals surface area (Å²) in [5.74, 6) is 3.22. The molecule has 0 aliphatic heterocycles. The van der Waals surface area contributed by atoms with Crippen LogP contribution in [0, 0.1) is 6.92 Å². The van der Waals surface area contributed by atoms with Gasteiger partial charge in [-0.1, -0.05) is 6.07 Å². The van der Waals surface area contributed by atoms with Crippen molar-refractivity contribution in [3.8, 4) is 5.88 Å². The number of rotatable bonds is 5. The number of pyridine rings is 1. The van der Waals surface area contributed by atoms with E-state index in [-0.39, 0.29) is 6.04 Å². The fourth-order valence-corrected chi connectivity index (χ4v) is 1.70. The number of nitrogens with one attached hydrogen (secondary N) is 1. The van der Waals surface area contributed by atoms with E-state index in [1.807, 2.05) is 51.1 Å². The zero-order valence-electron chi connectivity index (χ0n) is 10.9. The van der Waals surface area contributed by atoms with E-state index >= 15 is 0 Å². The Morgan fingerprint density at radius 1 is 1.33 bits per heavy atom. The van der Waals surface area contributed by atoms with Crippen LogP contribution in [0.4, 0.5) is 5.82 Å². The molecule has 0 aliphatic carbocycles. The number of ether oxygens (including phenoxy) is 1. The molecule has 1 N–H and O–H groups in total. The monoisotopic (exact) mass is 246 g/mol. The molecule has 0 saturated heterocycles. The van der Waals surface area contributed by atoms with Crippen LogP contribution in [0.3, 0.4) is 0 Å². The molecule has 0 spiro atoms. The summed E-state index contributed by atoms with van der Waals surface area (Å²) in [5.41, 5.74) is 0. The highest BCUT2D eigenvalue weighted by Crippen LogP contribution is 2.21. The fraction of sp³-hybridized carbons (Fsp3) is 0.357. The third-order valence-electron chi connectivity index (χ3n) is 2.57. The molecule has 4 heteroatoms. The standard InChI is InChI=1S/C14H18N2O2/c1-4-17-14-7-5-6-13(16-14)15-11(3)12-9-8-10(2)18-12/h5-9,11H,4H2,1-3H3,(H,15,16). The third kappa shape index (κ3) is 3.03. The van der Waals surface area contributed by atoms with Gasteiger partial charge in [-0.25, -0.2) is 0 Å². The lowest BCUT2D eigenvalue weighted by Gasteiger charge is -2.12. The first-order valence-corrected chi connectivity index (χ1v) is 6.11. The minimum Gasteiger partial charge on any atom is -0.478 e. The van der Waals surface area contributed by atoms with Crippen molar-refractivity contribution in [3.63, 3.8) is 0 Å². The average molecular weight is 246 g/mol. The highest BCUT2D eigenvalue weighted by Gasteiger charge is 2.10. The highest BCUT2D eigenvalue weighted by molar-refractivity contribution is 5.39. The first kappa shape index (κ1) is 12.5. The zero-order chi connectivity index (χ0) is 13.0. The van der Waals surface area contributed by atoms with Crippen LogP contribution in [-0.2, 0) is 0 Å². The molecule has 0 aromatic carbocycles. The van der Waals surface area contributed by atoms with Gasteiger partial charge in [0.15, 0.2) is 0 Å². The van der Waals surface area contributed by atoms with Gasteiger partial charge in [-0.05, 0) is 39.0 Å². The molecule has 0 fully saturated rings. The molecule has 4 nitrogen and oxygen atoms in total. The molecule has 0 aliphatic rings. The lowest BCUT2D eigenvalue weighted by atomic mass is 10.2. The lowest BCUT2D eigenvalue weighted by molar-refractivity contribution is 0.327. The third-order valence-corrected chi connectivity index (χ3v) is 2.57. The molecule has 2 rings (SSSR count). The predicted octanol–water partition coefficient (Wildman–Crippen LogP) is 3.55. The second kappa shape index (κ2) is 5.58. The largest absolute Gasteiger partial charge is 0.478 e. The summed E-state index contributed by atoms with van der Waals surface area (Å²) in [4.78, 5) is 4.36. The molecule has 1 unspecified atom stereocenters. The van der Waals surface area contributed by atoms with E-state index in [9.17, 15) is 0 Å². The Bertz CT molecular complexity index is 508. The molecular formula is C14H18N2O2. The van der Waals surface area contributed by atoms with Gasteiger partial charge in [-0.2, -0.15) is 4.98 Å². The van der Waals surface area contributed by atoms with Crippen molar-refractivity contribution in [2.24, 2.45) is 0 Å². The van der Waals surface area contributed by atoms with Crippen molar-refractivity contribution >= 4 is 5.82 Å². The van der Waals surface area contributed by atoms with Crippen molar-refractivity contribution < 1.29 is 9.15 Å². The Morgan fingerprint density at radius 3 is 2.83 bits per heavy atom. The number of aromatic nitrogens is 1. The number of aryl methyl sites for hydroxylation is 1. The zero-order valence-corrected chi connectivity index (χ0v) is 10.9. The molecule has 0 amide bonds. The Labute approximate surface area is 107 Å². The summed E-state index contributed by atoms with van der Waals surface area (Å²) < 4.78 is 10.9. The van der Waals surface area contributed by atoms with Gasteiger partial charge in [0.1, 0.15) is 17.3 Å². The highest BCUT2D eigenvalue weighted by atomic mass is 16.5. The maximum atomic E-state index is 5.57. The Kier molecular flexibility index (Phi) is 3.87. The number of hydrogen-bond donors (Lipinski definition) is 1. The maximum Gasteiger partial charge on any atom is 0.215 e. The van der Waals surface area contributed by atoms with Crippen molar-refractivity contribution in [1.82, 2.24) is 4.98 Å². The second-order valence-corrected chi connectivity index (χ2v) is 4.11. The minimum absolute atomic E-state index is 0.0723. The van der Waals surface area contributed by atoms with Crippen LogP contribution in [0.5, 0.6) is 5.88 Å². The van der Waals surface area contributed by atoms with E-state index in [1.165, 1.54) is 0 Å². The van der Waals surface area contributed by atoms with Gasteiger partial charge in [0.05, 0.1) is 12.6 Å². The summed E-state index contributed by atoms with van der Waals surface area (Å²) in [6, 6.07) is 9.67. The van der Waals surface area contributed by atoms with Crippen LogP contribution in [0.25, 0.3) is 0 Å². The topological polar surface area (TPSA) is 47.3 Å². The molecule has 2 aromatic rings. The van der Waals surface area contributed by atoms with Crippen molar-refractivity contribution in [3.05, 3.63) is 41.9 Å². The summed E-state index contributed by atoms with van der Waals surface area (Å²) in [6.07, 6.45) is 0. The molecule has 1 atom stereocenters. The first-order chi connectivity index (χ1) is 8.69. The summed E-state index contributed by atoms with van der Waals surface area (Å²) in [6.45, 7) is 6.52. The fourth-order valence-electron chi connectivity index (χ4n) is 1.70. The minimum atomic E-state index is 0.0723. The number of anilines is 1. The molecule has 0 bridgehead atoms. The number of nitrogens with zero attached hydrogens (tertiary/aromatic N) is 1. The van der Waals surface area contributed by atoms with Gasteiger partial charge in [0.25, 0.3) is 0 Å². The van der Waals surface area contributed by atoms with Crippen molar-refractivity contribution in [2.45, 2.75) is 26.8 Å². The van der Waals surface area contributed by atoms with Gasteiger partial charge < -0.3 is 14.5 Å². The van der Waals surface area contributed by atoms with Crippen LogP contribution >= 0.6 is 0 Å². The van der Waals surface area contributed by atoms with Crippen LogP contribution in [0.15, 0.2) is 34.7 Å². The Balaban J connectivity index is 2.06. The average Bonchev–Trinajstić information content (AvgIpc) is 2.77. The van der Waals surface area contributed by atoms with E-state index in [2.05, 4.69) is 10.3 Å². The molecule has 18 heavy (non-hydrogen) atoms. The second-order valence-electron chi connectivity index (χ2n) is 4.11. The number of hydrogen-bond acceptors (Lipinski definition) is 4. The molecule has 2 heterocycles. The van der Waals surface area contributed by atoms with E-state index < -0.39 is 0 Å². The van der Waals surface area contributed by atoms with Crippen LogP contribution in [-0.4, -0.2) is 11.6 Å². The predicted molar refractivity (Wildman–Crippen MR) is 70.9 cm³/mol. The molecule has 0 saturated carbocycles. The Morgan fingerprint density at radius 2 is 2.17 bits per heavy atom. The summed E-state index contributed by atoms with van der Waals surface area (Å²) >= 11 is 0. The molecule has 96 valence electrons. The summed E-state index contributed by atoms with van der Waals surface area (Å²) in [5, 5.41) is 3.29. The Hall–Kier alpha value is -1.97. The van der Waals surface area contributed by atoms with Gasteiger partial charge in [0.2, 0.25) is 5.88 Å². The maximum absolute atomic E-state index is 5.57. The van der Waals surface area contributed by atoms with Crippen molar-refractivity contribution in [1.29, 1.82) is 0 Å². The normalized spacial score (nSPS) is 12.2. The van der Waals surface area contributed by atoms with Gasteiger partial charge in [0, 0.05) is 6.07 Å². The van der Waals surface area contributed by atoms with Gasteiger partial charge >= 0.3 is 0 Å². The number of furan rings is 1. The van der Waals surface area contributed by atoms with Crippen LogP contribution in [0.1, 0.15) is 31.4 Å². The first-order valence-electron chi connectivity index (χ1n) is 6.11. The molecule has 2 aromatic heterocycles. The smallest absolute Gasteiger partial charge is 0.215 e. The van der Waals surface area contributed by atoms with Gasteiger partial charge in [-0.15, -0.1) is 0 Å². The SMILES string of the molecule is CCOc1cccc(NC(C)c2ccc(C)o2)n1.